The van der Waals surface area contributed by atoms with Crippen molar-refractivity contribution in [3.8, 4) is 5.75 Å². The van der Waals surface area contributed by atoms with E-state index in [0.717, 1.165) is 42.8 Å². The second kappa shape index (κ2) is 8.29. The number of anilines is 1. The molecule has 2 aromatic rings. The molecule has 2 aliphatic heterocycles. The summed E-state index contributed by atoms with van der Waals surface area (Å²) in [5, 5.41) is 11.6. The summed E-state index contributed by atoms with van der Waals surface area (Å²) in [4.78, 5) is 28.2. The predicted molar refractivity (Wildman–Crippen MR) is 121 cm³/mol. The number of methoxy groups -OCH3 is 1. The largest absolute Gasteiger partial charge is 0.497 e. The number of Topliss-reactive ketones (excluding diaryl/α,β-unsaturated/α-hetero) is 1. The highest BCUT2D eigenvalue weighted by Gasteiger charge is 2.42. The Labute approximate surface area is 186 Å². The Kier molecular flexibility index (Phi) is 5.32. The monoisotopic (exact) mass is 431 g/mol. The van der Waals surface area contributed by atoms with Crippen molar-refractivity contribution >= 4 is 23.1 Å². The number of likely N-dealkylation sites (tertiary alicyclic amines) is 1. The number of nitrogens with one attached hydrogen (secondary N) is 1. The van der Waals surface area contributed by atoms with E-state index in [4.69, 9.17) is 10.5 Å². The summed E-state index contributed by atoms with van der Waals surface area (Å²) in [5.74, 6) is 0.456. The summed E-state index contributed by atoms with van der Waals surface area (Å²) in [6, 6.07) is 12.7. The molecule has 1 fully saturated rings. The summed E-state index contributed by atoms with van der Waals surface area (Å²) in [6.07, 6.45) is 1.78. The van der Waals surface area contributed by atoms with E-state index in [1.54, 1.807) is 13.2 Å². The molecule has 5 rings (SSSR count). The van der Waals surface area contributed by atoms with Gasteiger partial charge in [0.1, 0.15) is 17.5 Å². The van der Waals surface area contributed by atoms with E-state index in [9.17, 15) is 9.59 Å². The first-order valence-electron chi connectivity index (χ1n) is 10.8. The quantitative estimate of drug-likeness (QED) is 0.756. The van der Waals surface area contributed by atoms with E-state index in [1.807, 2.05) is 36.4 Å². The van der Waals surface area contributed by atoms with E-state index in [-0.39, 0.29) is 24.3 Å². The van der Waals surface area contributed by atoms with E-state index in [1.165, 1.54) is 0 Å². The maximum atomic E-state index is 13.4. The normalized spacial score (nSPS) is 20.4. The molecule has 0 bridgehead atoms. The molecule has 0 saturated carbocycles. The molecule has 3 N–H and O–H groups in total. The van der Waals surface area contributed by atoms with Gasteiger partial charge in [-0.1, -0.05) is 12.1 Å². The lowest BCUT2D eigenvalue weighted by Gasteiger charge is -2.29. The van der Waals surface area contributed by atoms with Crippen molar-refractivity contribution in [2.75, 3.05) is 32.1 Å². The highest BCUT2D eigenvalue weighted by molar-refractivity contribution is 6.22. The molecule has 1 saturated heterocycles. The third kappa shape index (κ3) is 3.61. The van der Waals surface area contributed by atoms with E-state index in [2.05, 4.69) is 20.4 Å². The average molecular weight is 431 g/mol. The Balaban J connectivity index is 1.39. The van der Waals surface area contributed by atoms with Gasteiger partial charge in [-0.05, 0) is 48.7 Å². The van der Waals surface area contributed by atoms with E-state index < -0.39 is 6.04 Å². The Morgan fingerprint density at radius 1 is 1.19 bits per heavy atom. The lowest BCUT2D eigenvalue weighted by atomic mass is 10.0. The molecule has 2 aromatic carbocycles. The number of rotatable bonds is 5. The number of piperidine rings is 1. The van der Waals surface area contributed by atoms with Crippen molar-refractivity contribution < 1.29 is 14.3 Å². The van der Waals surface area contributed by atoms with Gasteiger partial charge in [-0.3, -0.25) is 14.5 Å². The SMILES string of the molecule is COc1ccc(C2=C3C(=O)c4c(NC(=O)CN5CCC(N)CC5)cccc4C3N=N2)cc1. The number of ether oxygens (including phenoxy) is 1. The lowest BCUT2D eigenvalue weighted by molar-refractivity contribution is -0.117. The fourth-order valence-electron chi connectivity index (χ4n) is 4.56. The number of amides is 1. The number of hydrogen-bond donors (Lipinski definition) is 2. The van der Waals surface area contributed by atoms with Crippen LogP contribution in [0.4, 0.5) is 5.69 Å². The van der Waals surface area contributed by atoms with Crippen LogP contribution in [0.1, 0.15) is 40.4 Å². The molecular weight excluding hydrogens is 406 g/mol. The van der Waals surface area contributed by atoms with Gasteiger partial charge >= 0.3 is 0 Å². The number of fused-ring (bicyclic) bond motifs is 3. The molecule has 8 nitrogen and oxygen atoms in total. The molecule has 164 valence electrons. The van der Waals surface area contributed by atoms with E-state index in [0.29, 0.717) is 22.5 Å². The van der Waals surface area contributed by atoms with Crippen LogP contribution in [0.25, 0.3) is 5.70 Å². The van der Waals surface area contributed by atoms with Crippen LogP contribution < -0.4 is 15.8 Å². The number of nitrogens with two attached hydrogens (primary N) is 1. The summed E-state index contributed by atoms with van der Waals surface area (Å²) in [5.41, 5.74) is 9.69. The van der Waals surface area contributed by atoms with Gasteiger partial charge in [0.2, 0.25) is 5.91 Å². The third-order valence-corrected chi connectivity index (χ3v) is 6.30. The number of nitrogens with zero attached hydrogens (tertiary/aromatic N) is 3. The topological polar surface area (TPSA) is 109 Å². The third-order valence-electron chi connectivity index (χ3n) is 6.30. The minimum absolute atomic E-state index is 0.135. The van der Waals surface area contributed by atoms with Gasteiger partial charge in [-0.15, -0.1) is 0 Å². The molecule has 2 heterocycles. The van der Waals surface area contributed by atoms with Crippen LogP contribution in [-0.2, 0) is 4.79 Å². The van der Waals surface area contributed by atoms with Crippen LogP contribution in [0.2, 0.25) is 0 Å². The molecule has 1 amide bonds. The summed E-state index contributed by atoms with van der Waals surface area (Å²) in [7, 11) is 1.61. The molecule has 0 radical (unpaired) electrons. The van der Waals surface area contributed by atoms with Crippen molar-refractivity contribution in [2.45, 2.75) is 24.9 Å². The van der Waals surface area contributed by atoms with Gasteiger partial charge < -0.3 is 15.8 Å². The van der Waals surface area contributed by atoms with E-state index >= 15 is 0 Å². The zero-order chi connectivity index (χ0) is 22.2. The number of carbonyl (C=O) groups excluding carboxylic acids is 2. The number of hydrogen-bond acceptors (Lipinski definition) is 7. The van der Waals surface area contributed by atoms with Gasteiger partial charge in [0.25, 0.3) is 0 Å². The Bertz CT molecular complexity index is 1130. The smallest absolute Gasteiger partial charge is 0.238 e. The first-order valence-corrected chi connectivity index (χ1v) is 10.8. The molecule has 0 spiro atoms. The van der Waals surface area contributed by atoms with Crippen molar-refractivity contribution in [1.29, 1.82) is 0 Å². The van der Waals surface area contributed by atoms with Crippen LogP contribution >= 0.6 is 0 Å². The minimum atomic E-state index is -0.435. The first-order chi connectivity index (χ1) is 15.5. The minimum Gasteiger partial charge on any atom is -0.497 e. The standard InChI is InChI=1S/C24H25N5O3/c1-32-16-7-5-14(6-8-16)22-21-23(28-27-22)17-3-2-4-18(20(17)24(21)31)26-19(30)13-29-11-9-15(25)10-12-29/h2-8,15,23H,9-13,25H2,1H3,(H,26,30). The molecule has 3 aliphatic rings. The second-order valence-electron chi connectivity index (χ2n) is 8.37. The molecule has 1 aliphatic carbocycles. The zero-order valence-corrected chi connectivity index (χ0v) is 17.9. The fourth-order valence-corrected chi connectivity index (χ4v) is 4.56. The molecule has 0 aromatic heterocycles. The van der Waals surface area contributed by atoms with Gasteiger partial charge in [-0.2, -0.15) is 10.2 Å². The Morgan fingerprint density at radius 3 is 2.66 bits per heavy atom. The summed E-state index contributed by atoms with van der Waals surface area (Å²) >= 11 is 0. The molecular formula is C24H25N5O3. The van der Waals surface area contributed by atoms with Gasteiger partial charge in [0.05, 0.1) is 30.5 Å². The number of carbonyl (C=O) groups is 2. The maximum absolute atomic E-state index is 13.4. The van der Waals surface area contributed by atoms with Crippen LogP contribution in [0.3, 0.4) is 0 Å². The lowest BCUT2D eigenvalue weighted by Crippen LogP contribution is -2.43. The summed E-state index contributed by atoms with van der Waals surface area (Å²) < 4.78 is 5.22. The number of azo groups is 1. The van der Waals surface area contributed by atoms with Crippen molar-refractivity contribution in [3.63, 3.8) is 0 Å². The molecule has 1 unspecified atom stereocenters. The van der Waals surface area contributed by atoms with Crippen LogP contribution in [0.15, 0.2) is 58.3 Å². The Hall–Kier alpha value is -3.36. The van der Waals surface area contributed by atoms with Crippen molar-refractivity contribution in [1.82, 2.24) is 4.90 Å². The highest BCUT2D eigenvalue weighted by atomic mass is 16.5. The molecule has 8 heteroatoms. The van der Waals surface area contributed by atoms with Crippen molar-refractivity contribution in [3.05, 3.63) is 64.7 Å². The van der Waals surface area contributed by atoms with Gasteiger partial charge in [0, 0.05) is 24.7 Å². The fraction of sp³-hybridized carbons (Fsp3) is 0.333. The number of benzene rings is 2. The maximum Gasteiger partial charge on any atom is 0.238 e. The van der Waals surface area contributed by atoms with Crippen molar-refractivity contribution in [2.24, 2.45) is 16.0 Å². The van der Waals surface area contributed by atoms with Gasteiger partial charge in [-0.25, -0.2) is 0 Å². The first kappa shape index (κ1) is 20.5. The molecule has 1 atom stereocenters. The Morgan fingerprint density at radius 2 is 1.94 bits per heavy atom. The summed E-state index contributed by atoms with van der Waals surface area (Å²) in [6.45, 7) is 1.90. The van der Waals surface area contributed by atoms with Crippen LogP contribution in [-0.4, -0.2) is 49.4 Å². The average Bonchev–Trinajstić information content (AvgIpc) is 3.36. The second-order valence-corrected chi connectivity index (χ2v) is 8.37. The predicted octanol–water partition coefficient (Wildman–Crippen LogP) is 3.17. The van der Waals surface area contributed by atoms with Crippen LogP contribution in [0.5, 0.6) is 5.75 Å². The van der Waals surface area contributed by atoms with Crippen LogP contribution in [0, 0.1) is 0 Å². The zero-order valence-electron chi connectivity index (χ0n) is 17.9. The molecule has 32 heavy (non-hydrogen) atoms. The highest BCUT2D eigenvalue weighted by Crippen LogP contribution is 2.49. The van der Waals surface area contributed by atoms with Gasteiger partial charge in [0.15, 0.2) is 5.78 Å². The number of ketones is 1.